The van der Waals surface area contributed by atoms with Crippen molar-refractivity contribution in [2.24, 2.45) is 7.05 Å². The maximum Gasteiger partial charge on any atom is 0.126 e. The molecule has 28 heavy (non-hydrogen) atoms. The zero-order valence-electron chi connectivity index (χ0n) is 17.1. The van der Waals surface area contributed by atoms with E-state index in [0.717, 1.165) is 32.8 Å². The fourth-order valence-corrected chi connectivity index (χ4v) is 5.18. The normalized spacial score (nSPS) is 23.2. The molecule has 0 saturated carbocycles. The molecule has 0 N–H and O–H groups in total. The van der Waals surface area contributed by atoms with E-state index in [-0.39, 0.29) is 0 Å². The second-order valence-corrected chi connectivity index (χ2v) is 8.52. The largest absolute Gasteiger partial charge is 0.378 e. The Hall–Kier alpha value is -1.85. The summed E-state index contributed by atoms with van der Waals surface area (Å²) in [5.41, 5.74) is 5.58. The van der Waals surface area contributed by atoms with Crippen LogP contribution in [0.1, 0.15) is 54.5 Å². The third-order valence-electron chi connectivity index (χ3n) is 6.77. The number of likely N-dealkylation sites (tertiary alicyclic amines) is 1. The van der Waals surface area contributed by atoms with E-state index in [4.69, 9.17) is 9.72 Å². The van der Waals surface area contributed by atoms with E-state index in [1.807, 2.05) is 0 Å². The van der Waals surface area contributed by atoms with E-state index in [0.29, 0.717) is 6.04 Å². The van der Waals surface area contributed by atoms with Gasteiger partial charge in [0.15, 0.2) is 0 Å². The van der Waals surface area contributed by atoms with Crippen molar-refractivity contribution >= 4 is 5.69 Å². The first-order valence-electron chi connectivity index (χ1n) is 11.0. The highest BCUT2D eigenvalue weighted by molar-refractivity contribution is 5.48. The van der Waals surface area contributed by atoms with E-state index in [2.05, 4.69) is 45.7 Å². The van der Waals surface area contributed by atoms with Crippen LogP contribution in [-0.2, 0) is 31.2 Å². The SMILES string of the molecule is Cn1c([C@@H]2CCCN2Cc2ccc(N3CCOCC3)cc2)nc2c1CCCC2. The molecule has 2 aliphatic heterocycles. The molecule has 0 radical (unpaired) electrons. The van der Waals surface area contributed by atoms with Crippen LogP contribution in [-0.4, -0.2) is 47.3 Å². The molecule has 1 atom stereocenters. The fourth-order valence-electron chi connectivity index (χ4n) is 5.18. The molecule has 1 aromatic heterocycles. The number of nitrogens with zero attached hydrogens (tertiary/aromatic N) is 4. The van der Waals surface area contributed by atoms with Gasteiger partial charge in [-0.3, -0.25) is 4.90 Å². The number of benzene rings is 1. The molecule has 1 aliphatic carbocycles. The smallest absolute Gasteiger partial charge is 0.126 e. The minimum atomic E-state index is 0.467. The number of imidazole rings is 1. The number of aromatic nitrogens is 2. The maximum atomic E-state index is 5.47. The van der Waals surface area contributed by atoms with Gasteiger partial charge in [-0.1, -0.05) is 12.1 Å². The molecule has 2 saturated heterocycles. The summed E-state index contributed by atoms with van der Waals surface area (Å²) >= 11 is 0. The summed E-state index contributed by atoms with van der Waals surface area (Å²) in [6.07, 6.45) is 7.49. The summed E-state index contributed by atoms with van der Waals surface area (Å²) in [4.78, 5) is 10.2. The van der Waals surface area contributed by atoms with Crippen molar-refractivity contribution in [2.75, 3.05) is 37.7 Å². The van der Waals surface area contributed by atoms with Crippen molar-refractivity contribution in [2.45, 2.75) is 51.1 Å². The molecule has 0 amide bonds. The Morgan fingerprint density at radius 3 is 2.57 bits per heavy atom. The van der Waals surface area contributed by atoms with Crippen LogP contribution in [0.15, 0.2) is 24.3 Å². The Morgan fingerprint density at radius 2 is 1.79 bits per heavy atom. The maximum absolute atomic E-state index is 5.47. The van der Waals surface area contributed by atoms with E-state index >= 15 is 0 Å². The van der Waals surface area contributed by atoms with Gasteiger partial charge in [0.05, 0.1) is 24.9 Å². The number of ether oxygens (including phenoxy) is 1. The molecule has 150 valence electrons. The minimum Gasteiger partial charge on any atom is -0.378 e. The van der Waals surface area contributed by atoms with Crippen LogP contribution in [0.5, 0.6) is 0 Å². The lowest BCUT2D eigenvalue weighted by atomic mass is 10.0. The molecule has 5 heteroatoms. The van der Waals surface area contributed by atoms with Crippen LogP contribution in [0.4, 0.5) is 5.69 Å². The standard InChI is InChI=1S/C23H32N4O/c1-25-21-6-3-2-5-20(21)24-23(25)22-7-4-12-27(22)17-18-8-10-19(11-9-18)26-13-15-28-16-14-26/h8-11,22H,2-7,12-17H2,1H3/t22-/m0/s1. The quantitative estimate of drug-likeness (QED) is 0.813. The highest BCUT2D eigenvalue weighted by atomic mass is 16.5. The van der Waals surface area contributed by atoms with E-state index in [1.54, 1.807) is 0 Å². The van der Waals surface area contributed by atoms with E-state index < -0.39 is 0 Å². The van der Waals surface area contributed by atoms with Crippen molar-refractivity contribution in [1.82, 2.24) is 14.5 Å². The van der Waals surface area contributed by atoms with Gasteiger partial charge in [-0.25, -0.2) is 4.98 Å². The van der Waals surface area contributed by atoms with Crippen molar-refractivity contribution in [3.8, 4) is 0 Å². The van der Waals surface area contributed by atoms with Crippen molar-refractivity contribution in [3.05, 3.63) is 47.0 Å². The summed E-state index contributed by atoms with van der Waals surface area (Å²) in [6, 6.07) is 9.65. The molecule has 0 bridgehead atoms. The van der Waals surface area contributed by atoms with Crippen LogP contribution in [0.25, 0.3) is 0 Å². The zero-order chi connectivity index (χ0) is 18.9. The lowest BCUT2D eigenvalue weighted by Gasteiger charge is -2.29. The molecular weight excluding hydrogens is 348 g/mol. The van der Waals surface area contributed by atoms with Gasteiger partial charge in [-0.15, -0.1) is 0 Å². The second-order valence-electron chi connectivity index (χ2n) is 8.52. The van der Waals surface area contributed by atoms with Gasteiger partial charge < -0.3 is 14.2 Å². The minimum absolute atomic E-state index is 0.467. The first-order valence-corrected chi connectivity index (χ1v) is 11.0. The first kappa shape index (κ1) is 18.2. The lowest BCUT2D eigenvalue weighted by Crippen LogP contribution is -2.36. The Morgan fingerprint density at radius 1 is 1.00 bits per heavy atom. The molecule has 3 aliphatic rings. The summed E-state index contributed by atoms with van der Waals surface area (Å²) in [6.45, 7) is 5.86. The van der Waals surface area contributed by atoms with Crippen molar-refractivity contribution in [1.29, 1.82) is 0 Å². The topological polar surface area (TPSA) is 33.5 Å². The number of fused-ring (bicyclic) bond motifs is 1. The molecule has 2 aromatic rings. The monoisotopic (exact) mass is 380 g/mol. The van der Waals surface area contributed by atoms with Crippen molar-refractivity contribution < 1.29 is 4.74 Å². The van der Waals surface area contributed by atoms with Crippen LogP contribution >= 0.6 is 0 Å². The number of hydrogen-bond acceptors (Lipinski definition) is 4. The number of anilines is 1. The summed E-state index contributed by atoms with van der Waals surface area (Å²) < 4.78 is 7.89. The third-order valence-corrected chi connectivity index (χ3v) is 6.77. The molecule has 5 nitrogen and oxygen atoms in total. The summed E-state index contributed by atoms with van der Waals surface area (Å²) in [5, 5.41) is 0. The number of aryl methyl sites for hydroxylation is 1. The molecule has 0 unspecified atom stereocenters. The van der Waals surface area contributed by atoms with Gasteiger partial charge in [-0.05, 0) is 62.8 Å². The van der Waals surface area contributed by atoms with E-state index in [9.17, 15) is 0 Å². The van der Waals surface area contributed by atoms with Crippen molar-refractivity contribution in [3.63, 3.8) is 0 Å². The molecular formula is C23H32N4O. The third kappa shape index (κ3) is 3.46. The van der Waals surface area contributed by atoms with E-state index in [1.165, 1.54) is 73.5 Å². The van der Waals surface area contributed by atoms with Gasteiger partial charge in [0, 0.05) is 38.1 Å². The zero-order valence-corrected chi connectivity index (χ0v) is 17.1. The Kier molecular flexibility index (Phi) is 5.12. The second kappa shape index (κ2) is 7.88. The van der Waals surface area contributed by atoms with Crippen LogP contribution < -0.4 is 4.90 Å². The molecule has 1 aromatic carbocycles. The molecule has 2 fully saturated rings. The Labute approximate surface area is 168 Å². The number of rotatable bonds is 4. The van der Waals surface area contributed by atoms with Gasteiger partial charge in [0.2, 0.25) is 0 Å². The molecule has 5 rings (SSSR count). The Bertz CT molecular complexity index is 807. The van der Waals surface area contributed by atoms with Gasteiger partial charge in [0.25, 0.3) is 0 Å². The summed E-state index contributed by atoms with van der Waals surface area (Å²) in [7, 11) is 2.24. The number of hydrogen-bond donors (Lipinski definition) is 0. The average molecular weight is 381 g/mol. The first-order chi connectivity index (χ1) is 13.8. The average Bonchev–Trinajstić information content (AvgIpc) is 3.33. The highest BCUT2D eigenvalue weighted by Gasteiger charge is 2.31. The predicted molar refractivity (Wildman–Crippen MR) is 112 cm³/mol. The fraction of sp³-hybridized carbons (Fsp3) is 0.609. The summed E-state index contributed by atoms with van der Waals surface area (Å²) in [5.74, 6) is 1.30. The highest BCUT2D eigenvalue weighted by Crippen LogP contribution is 2.35. The lowest BCUT2D eigenvalue weighted by molar-refractivity contribution is 0.122. The van der Waals surface area contributed by atoms with Crippen LogP contribution in [0.2, 0.25) is 0 Å². The predicted octanol–water partition coefficient (Wildman–Crippen LogP) is 3.47. The van der Waals surface area contributed by atoms with Gasteiger partial charge >= 0.3 is 0 Å². The van der Waals surface area contributed by atoms with Crippen LogP contribution in [0, 0.1) is 0 Å². The van der Waals surface area contributed by atoms with Gasteiger partial charge in [0.1, 0.15) is 5.82 Å². The number of morpholine rings is 1. The van der Waals surface area contributed by atoms with Gasteiger partial charge in [-0.2, -0.15) is 0 Å². The molecule has 0 spiro atoms. The van der Waals surface area contributed by atoms with Crippen LogP contribution in [0.3, 0.4) is 0 Å². The Balaban J connectivity index is 1.30. The molecule has 3 heterocycles.